The Bertz CT molecular complexity index is 603. The zero-order chi connectivity index (χ0) is 13.8. The third-order valence-electron chi connectivity index (χ3n) is 3.97. The molecule has 2 N–H and O–H groups in total. The van der Waals surface area contributed by atoms with Gasteiger partial charge < -0.3 is 10.6 Å². The lowest BCUT2D eigenvalue weighted by Gasteiger charge is -2.21. The maximum Gasteiger partial charge on any atom is 0.224 e. The van der Waals surface area contributed by atoms with Gasteiger partial charge >= 0.3 is 0 Å². The smallest absolute Gasteiger partial charge is 0.224 e. The molecule has 0 spiro atoms. The van der Waals surface area contributed by atoms with E-state index in [2.05, 4.69) is 28.8 Å². The van der Waals surface area contributed by atoms with Gasteiger partial charge in [-0.25, -0.2) is 0 Å². The maximum atomic E-state index is 12.1. The Balaban J connectivity index is 1.64. The second-order valence-electron chi connectivity index (χ2n) is 5.51. The normalized spacial score (nSPS) is 16.2. The number of anilines is 1. The van der Waals surface area contributed by atoms with Crippen molar-refractivity contribution in [2.24, 2.45) is 5.92 Å². The van der Waals surface area contributed by atoms with Crippen LogP contribution in [-0.4, -0.2) is 19.0 Å². The summed E-state index contributed by atoms with van der Waals surface area (Å²) < 4.78 is 0. The quantitative estimate of drug-likeness (QED) is 0.897. The average molecular weight is 268 g/mol. The molecular formula is C17H20N2O. The summed E-state index contributed by atoms with van der Waals surface area (Å²) in [7, 11) is 0. The van der Waals surface area contributed by atoms with Crippen LogP contribution in [0, 0.1) is 5.92 Å². The maximum absolute atomic E-state index is 12.1. The van der Waals surface area contributed by atoms with Crippen LogP contribution in [0.3, 0.4) is 0 Å². The standard InChI is InChI=1S/C17H20N2O/c20-17(11-13-7-9-18-10-8-13)19-16-6-5-14-3-1-2-4-15(14)12-16/h1-6,12-13,18H,7-11H2,(H,19,20). The van der Waals surface area contributed by atoms with Crippen LogP contribution in [0.1, 0.15) is 19.3 Å². The molecule has 1 aliphatic heterocycles. The van der Waals surface area contributed by atoms with Crippen LogP contribution < -0.4 is 10.6 Å². The number of rotatable bonds is 3. The molecule has 1 heterocycles. The highest BCUT2D eigenvalue weighted by molar-refractivity contribution is 5.94. The second-order valence-corrected chi connectivity index (χ2v) is 5.51. The van der Waals surface area contributed by atoms with Crippen molar-refractivity contribution >= 4 is 22.4 Å². The Hall–Kier alpha value is -1.87. The van der Waals surface area contributed by atoms with Crippen LogP contribution in [0.25, 0.3) is 10.8 Å². The first-order chi connectivity index (χ1) is 9.81. The van der Waals surface area contributed by atoms with Gasteiger partial charge in [0.15, 0.2) is 0 Å². The monoisotopic (exact) mass is 268 g/mol. The van der Waals surface area contributed by atoms with Crippen LogP contribution in [0.5, 0.6) is 0 Å². The Morgan fingerprint density at radius 3 is 2.65 bits per heavy atom. The molecule has 20 heavy (non-hydrogen) atoms. The first-order valence-corrected chi connectivity index (χ1v) is 7.30. The molecule has 104 valence electrons. The summed E-state index contributed by atoms with van der Waals surface area (Å²) in [6.45, 7) is 2.07. The third-order valence-corrected chi connectivity index (χ3v) is 3.97. The van der Waals surface area contributed by atoms with Crippen LogP contribution >= 0.6 is 0 Å². The lowest BCUT2D eigenvalue weighted by Crippen LogP contribution is -2.30. The zero-order valence-electron chi connectivity index (χ0n) is 11.6. The topological polar surface area (TPSA) is 41.1 Å². The molecule has 2 aromatic carbocycles. The van der Waals surface area contributed by atoms with Crippen LogP contribution in [-0.2, 0) is 4.79 Å². The summed E-state index contributed by atoms with van der Waals surface area (Å²) in [5.41, 5.74) is 0.891. The molecule has 2 aromatic rings. The van der Waals surface area contributed by atoms with Gasteiger partial charge in [0, 0.05) is 12.1 Å². The number of nitrogens with one attached hydrogen (secondary N) is 2. The zero-order valence-corrected chi connectivity index (χ0v) is 11.6. The Labute approximate surface area is 119 Å². The van der Waals surface area contributed by atoms with E-state index in [0.717, 1.165) is 37.0 Å². The minimum Gasteiger partial charge on any atom is -0.326 e. The van der Waals surface area contributed by atoms with Crippen molar-refractivity contribution in [3.8, 4) is 0 Å². The molecule has 1 saturated heterocycles. The van der Waals surface area contributed by atoms with E-state index < -0.39 is 0 Å². The van der Waals surface area contributed by atoms with Crippen molar-refractivity contribution in [3.05, 3.63) is 42.5 Å². The fraction of sp³-hybridized carbons (Fsp3) is 0.353. The average Bonchev–Trinajstić information content (AvgIpc) is 2.48. The van der Waals surface area contributed by atoms with E-state index in [1.54, 1.807) is 0 Å². The molecule has 0 aromatic heterocycles. The molecule has 0 unspecified atom stereocenters. The molecule has 1 aliphatic rings. The lowest BCUT2D eigenvalue weighted by molar-refractivity contribution is -0.117. The molecule has 3 rings (SSSR count). The largest absolute Gasteiger partial charge is 0.326 e. The highest BCUT2D eigenvalue weighted by atomic mass is 16.1. The van der Waals surface area contributed by atoms with Crippen LogP contribution in [0.2, 0.25) is 0 Å². The van der Waals surface area contributed by atoms with E-state index in [4.69, 9.17) is 0 Å². The summed E-state index contributed by atoms with van der Waals surface area (Å²) in [5, 5.41) is 8.71. The van der Waals surface area contributed by atoms with Gasteiger partial charge in [0.1, 0.15) is 0 Å². The molecule has 0 atom stereocenters. The number of fused-ring (bicyclic) bond motifs is 1. The van der Waals surface area contributed by atoms with E-state index in [0.29, 0.717) is 12.3 Å². The number of carbonyl (C=O) groups is 1. The van der Waals surface area contributed by atoms with Gasteiger partial charge in [0.25, 0.3) is 0 Å². The minimum atomic E-state index is 0.132. The van der Waals surface area contributed by atoms with Gasteiger partial charge in [-0.2, -0.15) is 0 Å². The van der Waals surface area contributed by atoms with E-state index in [1.165, 1.54) is 5.39 Å². The van der Waals surface area contributed by atoms with Gasteiger partial charge in [-0.05, 0) is 54.8 Å². The minimum absolute atomic E-state index is 0.132. The predicted octanol–water partition coefficient (Wildman–Crippen LogP) is 3.17. The summed E-state index contributed by atoms with van der Waals surface area (Å²) in [5.74, 6) is 0.656. The van der Waals surface area contributed by atoms with Gasteiger partial charge in [-0.1, -0.05) is 30.3 Å². The molecule has 1 amide bonds. The van der Waals surface area contributed by atoms with E-state index in [1.807, 2.05) is 24.3 Å². The van der Waals surface area contributed by atoms with Gasteiger partial charge in [-0.15, -0.1) is 0 Å². The van der Waals surface area contributed by atoms with Crippen LogP contribution in [0.15, 0.2) is 42.5 Å². The Morgan fingerprint density at radius 1 is 1.10 bits per heavy atom. The summed E-state index contributed by atoms with van der Waals surface area (Å²) in [6.07, 6.45) is 2.84. The van der Waals surface area contributed by atoms with Crippen LogP contribution in [0.4, 0.5) is 5.69 Å². The number of amides is 1. The molecule has 3 nitrogen and oxygen atoms in total. The summed E-state index contributed by atoms with van der Waals surface area (Å²) >= 11 is 0. The first kappa shape index (κ1) is 13.1. The molecule has 0 radical (unpaired) electrons. The molecule has 3 heteroatoms. The highest BCUT2D eigenvalue weighted by Crippen LogP contribution is 2.20. The first-order valence-electron chi connectivity index (χ1n) is 7.30. The second kappa shape index (κ2) is 6.06. The van der Waals surface area contributed by atoms with E-state index in [-0.39, 0.29) is 5.91 Å². The van der Waals surface area contributed by atoms with Crippen molar-refractivity contribution in [2.75, 3.05) is 18.4 Å². The van der Waals surface area contributed by atoms with Gasteiger partial charge in [-0.3, -0.25) is 4.79 Å². The highest BCUT2D eigenvalue weighted by Gasteiger charge is 2.16. The van der Waals surface area contributed by atoms with Crippen molar-refractivity contribution < 1.29 is 4.79 Å². The van der Waals surface area contributed by atoms with E-state index in [9.17, 15) is 4.79 Å². The molecular weight excluding hydrogens is 248 g/mol. The number of piperidine rings is 1. The predicted molar refractivity (Wildman–Crippen MR) is 82.8 cm³/mol. The SMILES string of the molecule is O=C(CC1CCNCC1)Nc1ccc2ccccc2c1. The number of hydrogen-bond acceptors (Lipinski definition) is 2. The van der Waals surface area contributed by atoms with Crippen molar-refractivity contribution in [1.29, 1.82) is 0 Å². The van der Waals surface area contributed by atoms with Crippen molar-refractivity contribution in [2.45, 2.75) is 19.3 Å². The Kier molecular flexibility index (Phi) is 3.97. The molecule has 0 bridgehead atoms. The summed E-state index contributed by atoms with van der Waals surface area (Å²) in [6, 6.07) is 14.3. The van der Waals surface area contributed by atoms with Gasteiger partial charge in [0.2, 0.25) is 5.91 Å². The van der Waals surface area contributed by atoms with Gasteiger partial charge in [0.05, 0.1) is 0 Å². The van der Waals surface area contributed by atoms with E-state index >= 15 is 0 Å². The number of carbonyl (C=O) groups excluding carboxylic acids is 1. The third kappa shape index (κ3) is 3.17. The molecule has 1 fully saturated rings. The Morgan fingerprint density at radius 2 is 1.85 bits per heavy atom. The lowest BCUT2D eigenvalue weighted by atomic mass is 9.94. The fourth-order valence-electron chi connectivity index (χ4n) is 2.83. The van der Waals surface area contributed by atoms with Crippen molar-refractivity contribution in [3.63, 3.8) is 0 Å². The number of hydrogen-bond donors (Lipinski definition) is 2. The van der Waals surface area contributed by atoms with Crippen molar-refractivity contribution in [1.82, 2.24) is 5.32 Å². The summed E-state index contributed by atoms with van der Waals surface area (Å²) in [4.78, 5) is 12.1. The molecule has 0 aliphatic carbocycles. The fourth-order valence-corrected chi connectivity index (χ4v) is 2.83. The number of benzene rings is 2. The molecule has 0 saturated carbocycles.